The Kier molecular flexibility index (Phi) is 5.69. The summed E-state index contributed by atoms with van der Waals surface area (Å²) in [4.78, 5) is 0. The number of nitrogens with one attached hydrogen (secondary N) is 1. The van der Waals surface area contributed by atoms with Crippen LogP contribution in [-0.2, 0) is 14.2 Å². The Morgan fingerprint density at radius 1 is 1.44 bits per heavy atom. The van der Waals surface area contributed by atoms with Crippen LogP contribution in [-0.4, -0.2) is 44.8 Å². The SMILES string of the molecule is CCCC1(C(C)OC(C)OC)CNCCO1. The minimum absolute atomic E-state index is 0.0372. The number of hydrogen-bond donors (Lipinski definition) is 1. The van der Waals surface area contributed by atoms with E-state index in [1.165, 1.54) is 0 Å². The van der Waals surface area contributed by atoms with Crippen LogP contribution in [0.4, 0.5) is 0 Å². The lowest BCUT2D eigenvalue weighted by atomic mass is 9.90. The van der Waals surface area contributed by atoms with Gasteiger partial charge in [0.15, 0.2) is 6.29 Å². The van der Waals surface area contributed by atoms with Crippen LogP contribution in [0.3, 0.4) is 0 Å². The second kappa shape index (κ2) is 6.55. The van der Waals surface area contributed by atoms with Crippen LogP contribution in [0.5, 0.6) is 0 Å². The van der Waals surface area contributed by atoms with Crippen molar-refractivity contribution in [3.05, 3.63) is 0 Å². The van der Waals surface area contributed by atoms with Crippen molar-refractivity contribution >= 4 is 0 Å². The summed E-state index contributed by atoms with van der Waals surface area (Å²) in [5.41, 5.74) is -0.195. The second-order valence-corrected chi connectivity index (χ2v) is 4.42. The Labute approximate surface area is 98.6 Å². The van der Waals surface area contributed by atoms with Gasteiger partial charge in [-0.3, -0.25) is 0 Å². The molecule has 0 spiro atoms. The number of ether oxygens (including phenoxy) is 3. The van der Waals surface area contributed by atoms with Gasteiger partial charge in [-0.15, -0.1) is 0 Å². The molecule has 1 heterocycles. The summed E-state index contributed by atoms with van der Waals surface area (Å²) in [6, 6.07) is 0. The molecule has 0 aromatic heterocycles. The summed E-state index contributed by atoms with van der Waals surface area (Å²) >= 11 is 0. The minimum Gasteiger partial charge on any atom is -0.370 e. The summed E-state index contributed by atoms with van der Waals surface area (Å²) in [5, 5.41) is 3.39. The van der Waals surface area contributed by atoms with Crippen LogP contribution in [0.2, 0.25) is 0 Å². The molecule has 0 bridgehead atoms. The molecule has 96 valence electrons. The molecular formula is C12H25NO3. The van der Waals surface area contributed by atoms with Gasteiger partial charge in [0.05, 0.1) is 12.7 Å². The molecule has 4 nitrogen and oxygen atoms in total. The predicted molar refractivity (Wildman–Crippen MR) is 63.5 cm³/mol. The standard InChI is InChI=1S/C12H25NO3/c1-5-6-12(9-13-7-8-15-12)10(2)16-11(3)14-4/h10-11,13H,5-9H2,1-4H3. The van der Waals surface area contributed by atoms with Crippen molar-refractivity contribution < 1.29 is 14.2 Å². The number of methoxy groups -OCH3 is 1. The van der Waals surface area contributed by atoms with Gasteiger partial charge < -0.3 is 19.5 Å². The highest BCUT2D eigenvalue weighted by molar-refractivity contribution is 4.91. The van der Waals surface area contributed by atoms with E-state index in [1.807, 2.05) is 6.92 Å². The first-order valence-corrected chi connectivity index (χ1v) is 6.17. The second-order valence-electron chi connectivity index (χ2n) is 4.42. The lowest BCUT2D eigenvalue weighted by Crippen LogP contribution is -2.57. The molecular weight excluding hydrogens is 206 g/mol. The number of hydrogen-bond acceptors (Lipinski definition) is 4. The van der Waals surface area contributed by atoms with Gasteiger partial charge in [-0.2, -0.15) is 0 Å². The lowest BCUT2D eigenvalue weighted by Gasteiger charge is -2.42. The Bertz CT molecular complexity index is 187. The van der Waals surface area contributed by atoms with Gasteiger partial charge in [0.25, 0.3) is 0 Å². The van der Waals surface area contributed by atoms with Crippen LogP contribution in [0.15, 0.2) is 0 Å². The average molecular weight is 231 g/mol. The van der Waals surface area contributed by atoms with Crippen molar-refractivity contribution in [1.29, 1.82) is 0 Å². The van der Waals surface area contributed by atoms with E-state index in [1.54, 1.807) is 7.11 Å². The first-order chi connectivity index (χ1) is 7.64. The molecule has 1 saturated heterocycles. The Hall–Kier alpha value is -0.160. The monoisotopic (exact) mass is 231 g/mol. The van der Waals surface area contributed by atoms with Crippen molar-refractivity contribution in [2.24, 2.45) is 0 Å². The first-order valence-electron chi connectivity index (χ1n) is 6.17. The highest BCUT2D eigenvalue weighted by Gasteiger charge is 2.39. The molecule has 0 amide bonds. The largest absolute Gasteiger partial charge is 0.370 e. The normalized spacial score (nSPS) is 30.0. The van der Waals surface area contributed by atoms with E-state index in [2.05, 4.69) is 19.2 Å². The topological polar surface area (TPSA) is 39.7 Å². The summed E-state index contributed by atoms with van der Waals surface area (Å²) in [6.45, 7) is 8.70. The highest BCUT2D eigenvalue weighted by Crippen LogP contribution is 2.27. The van der Waals surface area contributed by atoms with E-state index in [9.17, 15) is 0 Å². The minimum atomic E-state index is -0.195. The van der Waals surface area contributed by atoms with Gasteiger partial charge >= 0.3 is 0 Å². The predicted octanol–water partition coefficient (Wildman–Crippen LogP) is 1.54. The quantitative estimate of drug-likeness (QED) is 0.704. The van der Waals surface area contributed by atoms with Crippen LogP contribution in [0.1, 0.15) is 33.6 Å². The van der Waals surface area contributed by atoms with Gasteiger partial charge in [-0.25, -0.2) is 0 Å². The molecule has 1 aliphatic rings. The summed E-state index contributed by atoms with van der Waals surface area (Å²) < 4.78 is 16.9. The van der Waals surface area contributed by atoms with Crippen LogP contribution >= 0.6 is 0 Å². The lowest BCUT2D eigenvalue weighted by molar-refractivity contribution is -0.215. The average Bonchev–Trinajstić information content (AvgIpc) is 2.30. The molecule has 0 aromatic rings. The Morgan fingerprint density at radius 3 is 2.69 bits per heavy atom. The third kappa shape index (κ3) is 3.42. The fourth-order valence-electron chi connectivity index (χ4n) is 2.19. The van der Waals surface area contributed by atoms with Gasteiger partial charge in [-0.05, 0) is 20.3 Å². The highest BCUT2D eigenvalue weighted by atomic mass is 16.7. The van der Waals surface area contributed by atoms with E-state index in [-0.39, 0.29) is 18.0 Å². The molecule has 16 heavy (non-hydrogen) atoms. The molecule has 4 heteroatoms. The van der Waals surface area contributed by atoms with E-state index >= 15 is 0 Å². The molecule has 1 aliphatic heterocycles. The van der Waals surface area contributed by atoms with Crippen LogP contribution in [0.25, 0.3) is 0 Å². The molecule has 3 atom stereocenters. The van der Waals surface area contributed by atoms with E-state index in [0.717, 1.165) is 32.5 Å². The summed E-state index contributed by atoms with van der Waals surface area (Å²) in [6.07, 6.45) is 1.96. The molecule has 1 N–H and O–H groups in total. The molecule has 0 radical (unpaired) electrons. The van der Waals surface area contributed by atoms with Crippen LogP contribution < -0.4 is 5.32 Å². The third-order valence-corrected chi connectivity index (χ3v) is 3.23. The maximum absolute atomic E-state index is 5.97. The zero-order chi connectivity index (χ0) is 12.0. The molecule has 0 aromatic carbocycles. The maximum Gasteiger partial charge on any atom is 0.154 e. The Balaban J connectivity index is 2.59. The van der Waals surface area contributed by atoms with Gasteiger partial charge in [0.2, 0.25) is 0 Å². The Morgan fingerprint density at radius 2 is 2.19 bits per heavy atom. The van der Waals surface area contributed by atoms with Gasteiger partial charge in [0.1, 0.15) is 5.60 Å². The van der Waals surface area contributed by atoms with Crippen LogP contribution in [0, 0.1) is 0 Å². The maximum atomic E-state index is 5.97. The number of rotatable bonds is 6. The third-order valence-electron chi connectivity index (χ3n) is 3.23. The summed E-state index contributed by atoms with van der Waals surface area (Å²) in [5.74, 6) is 0. The van der Waals surface area contributed by atoms with Gasteiger partial charge in [-0.1, -0.05) is 13.3 Å². The van der Waals surface area contributed by atoms with Crippen molar-refractivity contribution in [2.45, 2.75) is 51.6 Å². The smallest absolute Gasteiger partial charge is 0.154 e. The van der Waals surface area contributed by atoms with E-state index < -0.39 is 0 Å². The molecule has 1 fully saturated rings. The number of morpholine rings is 1. The van der Waals surface area contributed by atoms with Crippen molar-refractivity contribution in [3.63, 3.8) is 0 Å². The molecule has 1 rings (SSSR count). The molecule has 0 aliphatic carbocycles. The van der Waals surface area contributed by atoms with E-state index in [4.69, 9.17) is 14.2 Å². The zero-order valence-corrected chi connectivity index (χ0v) is 10.9. The van der Waals surface area contributed by atoms with Crippen molar-refractivity contribution in [2.75, 3.05) is 26.8 Å². The first kappa shape index (κ1) is 13.9. The zero-order valence-electron chi connectivity index (χ0n) is 10.9. The fraction of sp³-hybridized carbons (Fsp3) is 1.00. The molecule has 3 unspecified atom stereocenters. The van der Waals surface area contributed by atoms with Crippen molar-refractivity contribution in [3.8, 4) is 0 Å². The fourth-order valence-corrected chi connectivity index (χ4v) is 2.19. The summed E-state index contributed by atoms with van der Waals surface area (Å²) in [7, 11) is 1.66. The van der Waals surface area contributed by atoms with Gasteiger partial charge in [0, 0.05) is 20.2 Å². The van der Waals surface area contributed by atoms with Crippen molar-refractivity contribution in [1.82, 2.24) is 5.32 Å². The van der Waals surface area contributed by atoms with E-state index in [0.29, 0.717) is 0 Å². The molecule has 0 saturated carbocycles.